The SMILES string of the molecule is C=C[C@H]1[C@H](O[Si](C(C)C)(C(C)C)C(C)C)[C@@H]([C@@H](C)c2ccccc2)O[Si]1(C(C)(C)C)C(C)(C)C. The van der Waals surface area contributed by atoms with Gasteiger partial charge in [-0.05, 0) is 32.3 Å². The van der Waals surface area contributed by atoms with Gasteiger partial charge in [-0.1, -0.05) is 126 Å². The van der Waals surface area contributed by atoms with Crippen molar-refractivity contribution in [2.45, 2.75) is 140 Å². The van der Waals surface area contributed by atoms with E-state index in [1.807, 2.05) is 0 Å². The van der Waals surface area contributed by atoms with Gasteiger partial charge in [0.05, 0.1) is 12.2 Å². The maximum absolute atomic E-state index is 7.67. The van der Waals surface area contributed by atoms with E-state index in [-0.39, 0.29) is 33.7 Å². The van der Waals surface area contributed by atoms with Gasteiger partial charge in [-0.2, -0.15) is 0 Å². The number of hydrogen-bond acceptors (Lipinski definition) is 2. The molecule has 4 atom stereocenters. The lowest BCUT2D eigenvalue weighted by atomic mass is 9.91. The molecule has 0 saturated carbocycles. The van der Waals surface area contributed by atoms with Crippen molar-refractivity contribution in [2.24, 2.45) is 0 Å². The van der Waals surface area contributed by atoms with E-state index in [9.17, 15) is 0 Å². The molecule has 0 radical (unpaired) electrons. The summed E-state index contributed by atoms with van der Waals surface area (Å²) < 4.78 is 15.2. The molecule has 1 aromatic rings. The lowest BCUT2D eigenvalue weighted by Gasteiger charge is -2.51. The fourth-order valence-corrected chi connectivity index (χ4v) is 20.3. The fraction of sp³-hybridized carbons (Fsp3) is 0.733. The fourth-order valence-electron chi connectivity index (χ4n) is 7.69. The maximum Gasteiger partial charge on any atom is 0.213 e. The van der Waals surface area contributed by atoms with Crippen LogP contribution in [0.1, 0.15) is 101 Å². The van der Waals surface area contributed by atoms with Crippen LogP contribution in [-0.2, 0) is 8.85 Å². The Morgan fingerprint density at radius 2 is 1.29 bits per heavy atom. The second-order valence-electron chi connectivity index (χ2n) is 13.7. The van der Waals surface area contributed by atoms with E-state index < -0.39 is 16.6 Å². The van der Waals surface area contributed by atoms with Crippen LogP contribution in [0.25, 0.3) is 0 Å². The lowest BCUT2D eigenvalue weighted by Crippen LogP contribution is -2.56. The minimum atomic E-state index is -2.41. The summed E-state index contributed by atoms with van der Waals surface area (Å²) in [4.78, 5) is 0. The van der Waals surface area contributed by atoms with Gasteiger partial charge in [-0.3, -0.25) is 0 Å². The summed E-state index contributed by atoms with van der Waals surface area (Å²) in [6, 6.07) is 10.9. The Bertz CT molecular complexity index is 766. The monoisotopic (exact) mass is 502 g/mol. The molecule has 2 rings (SSSR count). The van der Waals surface area contributed by atoms with E-state index in [4.69, 9.17) is 8.85 Å². The highest BCUT2D eigenvalue weighted by atomic mass is 28.4. The summed E-state index contributed by atoms with van der Waals surface area (Å²) in [7, 11) is -4.54. The first-order valence-electron chi connectivity index (χ1n) is 13.5. The molecule has 1 aliphatic heterocycles. The molecule has 1 heterocycles. The van der Waals surface area contributed by atoms with Gasteiger partial charge in [-0.25, -0.2) is 0 Å². The molecular weight excluding hydrogens is 449 g/mol. The first-order valence-corrected chi connectivity index (χ1v) is 17.6. The molecule has 0 amide bonds. The van der Waals surface area contributed by atoms with Gasteiger partial charge >= 0.3 is 0 Å². The standard InChI is InChI=1S/C30H54O2Si2/c1-15-26-28(31-33(21(2)3,22(4)5)23(6)7)27(24(8)25-19-17-16-18-20-25)32-34(26,29(9,10)11)30(12,13)14/h15-24,26-28H,1H2,2-14H3/t24-,26-,27+,28-/m0/s1. The molecule has 0 aromatic heterocycles. The van der Waals surface area contributed by atoms with Crippen molar-refractivity contribution >= 4 is 16.6 Å². The molecule has 1 fully saturated rings. The summed E-state index contributed by atoms with van der Waals surface area (Å²) in [6.07, 6.45) is 2.29. The summed E-state index contributed by atoms with van der Waals surface area (Å²) in [6.45, 7) is 35.5. The van der Waals surface area contributed by atoms with E-state index in [0.29, 0.717) is 16.6 Å². The van der Waals surface area contributed by atoms with E-state index in [1.165, 1.54) is 5.56 Å². The first-order chi connectivity index (χ1) is 15.5. The second kappa shape index (κ2) is 10.4. The van der Waals surface area contributed by atoms with E-state index >= 15 is 0 Å². The maximum atomic E-state index is 7.67. The molecule has 1 saturated heterocycles. The average molecular weight is 503 g/mol. The van der Waals surface area contributed by atoms with Gasteiger partial charge in [0.15, 0.2) is 0 Å². The quantitative estimate of drug-likeness (QED) is 0.260. The third kappa shape index (κ3) is 4.81. The Morgan fingerprint density at radius 3 is 1.65 bits per heavy atom. The number of hydrogen-bond donors (Lipinski definition) is 0. The van der Waals surface area contributed by atoms with Crippen LogP contribution in [0.2, 0.25) is 32.2 Å². The van der Waals surface area contributed by atoms with Crippen molar-refractivity contribution in [3.8, 4) is 0 Å². The third-order valence-corrected chi connectivity index (χ3v) is 21.5. The van der Waals surface area contributed by atoms with Crippen LogP contribution in [0.4, 0.5) is 0 Å². The Morgan fingerprint density at radius 1 is 0.853 bits per heavy atom. The summed E-state index contributed by atoms with van der Waals surface area (Å²) >= 11 is 0. The third-order valence-electron chi connectivity index (χ3n) is 8.82. The van der Waals surface area contributed by atoms with Crippen LogP contribution >= 0.6 is 0 Å². The van der Waals surface area contributed by atoms with Crippen LogP contribution in [-0.4, -0.2) is 28.8 Å². The van der Waals surface area contributed by atoms with Crippen molar-refractivity contribution in [3.63, 3.8) is 0 Å². The normalized spacial score (nSPS) is 24.8. The van der Waals surface area contributed by atoms with E-state index in [1.54, 1.807) is 0 Å². The molecule has 194 valence electrons. The van der Waals surface area contributed by atoms with Gasteiger partial charge in [0.1, 0.15) is 0 Å². The van der Waals surface area contributed by atoms with Crippen LogP contribution in [0, 0.1) is 0 Å². The molecule has 2 nitrogen and oxygen atoms in total. The molecule has 0 unspecified atom stereocenters. The highest BCUT2D eigenvalue weighted by Crippen LogP contribution is 2.65. The molecule has 0 spiro atoms. The molecule has 0 aliphatic carbocycles. The van der Waals surface area contributed by atoms with Gasteiger partial charge < -0.3 is 8.85 Å². The molecule has 1 aromatic carbocycles. The Balaban J connectivity index is 2.79. The summed E-state index contributed by atoms with van der Waals surface area (Å²) in [5, 5.41) is 0.100. The Kier molecular flexibility index (Phi) is 9.00. The minimum Gasteiger partial charge on any atom is -0.410 e. The zero-order chi connectivity index (χ0) is 26.3. The molecule has 4 heteroatoms. The predicted octanol–water partition coefficient (Wildman–Crippen LogP) is 9.85. The van der Waals surface area contributed by atoms with Gasteiger partial charge in [0, 0.05) is 11.5 Å². The van der Waals surface area contributed by atoms with Crippen molar-refractivity contribution in [1.29, 1.82) is 0 Å². The van der Waals surface area contributed by atoms with Crippen molar-refractivity contribution in [3.05, 3.63) is 48.6 Å². The van der Waals surface area contributed by atoms with E-state index in [2.05, 4.69) is 133 Å². The van der Waals surface area contributed by atoms with Crippen LogP contribution in [0.5, 0.6) is 0 Å². The molecule has 0 bridgehead atoms. The van der Waals surface area contributed by atoms with Crippen molar-refractivity contribution in [2.75, 3.05) is 0 Å². The predicted molar refractivity (Wildman–Crippen MR) is 155 cm³/mol. The van der Waals surface area contributed by atoms with Gasteiger partial charge in [0.2, 0.25) is 16.6 Å². The topological polar surface area (TPSA) is 18.5 Å². The molecular formula is C30H54O2Si2. The Labute approximate surface area is 214 Å². The number of benzene rings is 1. The zero-order valence-electron chi connectivity index (χ0n) is 24.5. The molecule has 34 heavy (non-hydrogen) atoms. The van der Waals surface area contributed by atoms with Crippen molar-refractivity contribution < 1.29 is 8.85 Å². The van der Waals surface area contributed by atoms with Gasteiger partial charge in [0.25, 0.3) is 0 Å². The highest BCUT2D eigenvalue weighted by Gasteiger charge is 2.68. The number of rotatable bonds is 8. The smallest absolute Gasteiger partial charge is 0.213 e. The second-order valence-corrected chi connectivity index (χ2v) is 24.5. The highest BCUT2D eigenvalue weighted by molar-refractivity contribution is 6.82. The molecule has 1 aliphatic rings. The average Bonchev–Trinajstić information content (AvgIpc) is 3.06. The minimum absolute atomic E-state index is 0.0265. The van der Waals surface area contributed by atoms with E-state index in [0.717, 1.165) is 0 Å². The molecule has 0 N–H and O–H groups in total. The van der Waals surface area contributed by atoms with Crippen LogP contribution < -0.4 is 0 Å². The summed E-state index contributed by atoms with van der Waals surface area (Å²) in [5.74, 6) is 0.255. The van der Waals surface area contributed by atoms with Gasteiger partial charge in [-0.15, -0.1) is 6.58 Å². The van der Waals surface area contributed by atoms with Crippen LogP contribution in [0.3, 0.4) is 0 Å². The summed E-state index contributed by atoms with van der Waals surface area (Å²) in [5.41, 5.74) is 3.18. The largest absolute Gasteiger partial charge is 0.410 e. The van der Waals surface area contributed by atoms with Crippen LogP contribution in [0.15, 0.2) is 43.0 Å². The zero-order valence-corrected chi connectivity index (χ0v) is 26.5. The first kappa shape index (κ1) is 29.5. The lowest BCUT2D eigenvalue weighted by molar-refractivity contribution is 0.0580. The Hall–Kier alpha value is -0.686. The van der Waals surface area contributed by atoms with Crippen molar-refractivity contribution in [1.82, 2.24) is 0 Å².